The van der Waals surface area contributed by atoms with E-state index in [9.17, 15) is 9.59 Å². The number of carbonyl (C=O) groups excluding carboxylic acids is 2. The van der Waals surface area contributed by atoms with Crippen molar-refractivity contribution in [2.24, 2.45) is 0 Å². The Kier molecular flexibility index (Phi) is 6.84. The zero-order valence-corrected chi connectivity index (χ0v) is 18.5. The molecule has 0 bridgehead atoms. The van der Waals surface area contributed by atoms with E-state index in [1.54, 1.807) is 14.2 Å². The maximum absolute atomic E-state index is 13.1. The third-order valence-electron chi connectivity index (χ3n) is 5.39. The Morgan fingerprint density at radius 3 is 2.42 bits per heavy atom. The molecule has 1 heterocycles. The van der Waals surface area contributed by atoms with Gasteiger partial charge in [0.05, 0.1) is 20.3 Å². The molecule has 31 heavy (non-hydrogen) atoms. The number of hydrogen-bond acceptors (Lipinski definition) is 4. The Hall–Kier alpha value is -3.48. The van der Waals surface area contributed by atoms with Crippen LogP contribution >= 0.6 is 0 Å². The van der Waals surface area contributed by atoms with Gasteiger partial charge in [0.1, 0.15) is 6.04 Å². The second kappa shape index (κ2) is 9.55. The fourth-order valence-electron chi connectivity index (χ4n) is 3.83. The molecule has 3 N–H and O–H groups in total. The minimum absolute atomic E-state index is 0.248. The number of benzene rings is 2. The van der Waals surface area contributed by atoms with E-state index < -0.39 is 6.04 Å². The first-order chi connectivity index (χ1) is 14.8. The summed E-state index contributed by atoms with van der Waals surface area (Å²) in [7, 11) is 3.17. The molecule has 7 heteroatoms. The second-order valence-corrected chi connectivity index (χ2v) is 7.61. The van der Waals surface area contributed by atoms with Crippen molar-refractivity contribution < 1.29 is 19.1 Å². The number of rotatable bonds is 8. The number of aromatic nitrogens is 1. The fraction of sp³-hybridized carbons (Fsp3) is 0.333. The van der Waals surface area contributed by atoms with Crippen molar-refractivity contribution in [1.29, 1.82) is 0 Å². The first-order valence-corrected chi connectivity index (χ1v) is 10.2. The van der Waals surface area contributed by atoms with E-state index >= 15 is 0 Å². The van der Waals surface area contributed by atoms with Crippen LogP contribution in [0, 0.1) is 6.92 Å². The lowest BCUT2D eigenvalue weighted by atomic mass is 10.00. The molecule has 3 aromatic rings. The van der Waals surface area contributed by atoms with E-state index in [-0.39, 0.29) is 17.9 Å². The van der Waals surface area contributed by atoms with Crippen molar-refractivity contribution in [3.63, 3.8) is 0 Å². The lowest BCUT2D eigenvalue weighted by molar-refractivity contribution is -0.128. The van der Waals surface area contributed by atoms with E-state index in [0.29, 0.717) is 17.9 Å². The lowest BCUT2D eigenvalue weighted by Crippen LogP contribution is -2.48. The quantitative estimate of drug-likeness (QED) is 0.518. The average Bonchev–Trinajstić information content (AvgIpc) is 3.15. The van der Waals surface area contributed by atoms with Crippen LogP contribution in [0.3, 0.4) is 0 Å². The molecule has 2 amide bonds. The van der Waals surface area contributed by atoms with Crippen LogP contribution in [-0.4, -0.2) is 37.1 Å². The molecule has 0 saturated carbocycles. The van der Waals surface area contributed by atoms with E-state index in [1.165, 1.54) is 6.92 Å². The predicted molar refractivity (Wildman–Crippen MR) is 120 cm³/mol. The molecular formula is C24H29N3O4. The minimum atomic E-state index is -0.695. The van der Waals surface area contributed by atoms with Crippen LogP contribution in [0.25, 0.3) is 10.9 Å². The van der Waals surface area contributed by atoms with Crippen molar-refractivity contribution in [1.82, 2.24) is 15.6 Å². The number of ether oxygens (including phenoxy) is 2. The molecule has 7 nitrogen and oxygen atoms in total. The summed E-state index contributed by atoms with van der Waals surface area (Å²) in [5.74, 6) is 0.733. The summed E-state index contributed by atoms with van der Waals surface area (Å²) in [6.07, 6.45) is 2.27. The number of amides is 2. The molecule has 3 rings (SSSR count). The van der Waals surface area contributed by atoms with Gasteiger partial charge in [-0.25, -0.2) is 0 Å². The van der Waals surface area contributed by atoms with Gasteiger partial charge in [-0.3, -0.25) is 9.59 Å². The van der Waals surface area contributed by atoms with Gasteiger partial charge < -0.3 is 25.1 Å². The summed E-state index contributed by atoms with van der Waals surface area (Å²) >= 11 is 0. The van der Waals surface area contributed by atoms with E-state index in [0.717, 1.165) is 27.6 Å². The van der Waals surface area contributed by atoms with Crippen LogP contribution in [0.5, 0.6) is 11.5 Å². The highest BCUT2D eigenvalue weighted by Gasteiger charge is 2.24. The molecule has 164 valence electrons. The summed E-state index contributed by atoms with van der Waals surface area (Å²) < 4.78 is 10.7. The number of hydrogen-bond donors (Lipinski definition) is 3. The molecule has 0 aliphatic rings. The SMILES string of the molecule is COc1cc(C)c(C(C)NC(=O)C(Cc2c[nH]c3ccccc23)NC(C)=O)cc1OC. The Balaban J connectivity index is 1.81. The molecule has 0 fully saturated rings. The minimum Gasteiger partial charge on any atom is -0.493 e. The highest BCUT2D eigenvalue weighted by molar-refractivity contribution is 5.89. The number of aromatic amines is 1. The number of carbonyl (C=O) groups is 2. The first kappa shape index (κ1) is 22.2. The Bertz CT molecular complexity index is 1090. The third kappa shape index (κ3) is 4.99. The van der Waals surface area contributed by atoms with Crippen molar-refractivity contribution in [3.05, 3.63) is 59.3 Å². The van der Waals surface area contributed by atoms with Gasteiger partial charge in [0.15, 0.2) is 11.5 Å². The molecule has 1 aromatic heterocycles. The van der Waals surface area contributed by atoms with Crippen LogP contribution in [0.1, 0.15) is 36.6 Å². The molecular weight excluding hydrogens is 394 g/mol. The fourth-order valence-corrected chi connectivity index (χ4v) is 3.83. The maximum atomic E-state index is 13.1. The standard InChI is InChI=1S/C24H29N3O4/c1-14-10-22(30-4)23(31-5)12-19(14)15(2)26-24(29)21(27-16(3)28)11-17-13-25-20-9-7-6-8-18(17)20/h6-10,12-13,15,21,25H,11H2,1-5H3,(H,26,29)(H,27,28). The van der Waals surface area contributed by atoms with Gasteiger partial charge in [-0.05, 0) is 48.7 Å². The summed E-state index contributed by atoms with van der Waals surface area (Å²) in [6.45, 7) is 5.28. The van der Waals surface area contributed by atoms with E-state index in [2.05, 4.69) is 15.6 Å². The van der Waals surface area contributed by atoms with Crippen molar-refractivity contribution in [3.8, 4) is 11.5 Å². The smallest absolute Gasteiger partial charge is 0.243 e. The summed E-state index contributed by atoms with van der Waals surface area (Å²) in [4.78, 5) is 28.1. The normalized spacial score (nSPS) is 12.8. The molecule has 0 aliphatic carbocycles. The second-order valence-electron chi connectivity index (χ2n) is 7.61. The molecule has 0 spiro atoms. The highest BCUT2D eigenvalue weighted by Crippen LogP contribution is 2.33. The van der Waals surface area contributed by atoms with Gasteiger partial charge in [-0.1, -0.05) is 18.2 Å². The van der Waals surface area contributed by atoms with Crippen molar-refractivity contribution >= 4 is 22.7 Å². The molecule has 2 unspecified atom stereocenters. The van der Waals surface area contributed by atoms with Crippen LogP contribution in [0.15, 0.2) is 42.6 Å². The number of H-pyrrole nitrogens is 1. The van der Waals surface area contributed by atoms with Crippen LogP contribution < -0.4 is 20.1 Å². The predicted octanol–water partition coefficient (Wildman–Crippen LogP) is 3.42. The van der Waals surface area contributed by atoms with Crippen molar-refractivity contribution in [2.75, 3.05) is 14.2 Å². The van der Waals surface area contributed by atoms with E-state index in [1.807, 2.05) is 56.4 Å². The van der Waals surface area contributed by atoms with Gasteiger partial charge in [0, 0.05) is 30.4 Å². The topological polar surface area (TPSA) is 92.5 Å². The Morgan fingerprint density at radius 2 is 1.74 bits per heavy atom. The number of nitrogens with one attached hydrogen (secondary N) is 3. The van der Waals surface area contributed by atoms with Crippen LogP contribution in [0.4, 0.5) is 0 Å². The monoisotopic (exact) mass is 423 g/mol. The molecule has 2 atom stereocenters. The van der Waals surface area contributed by atoms with Crippen molar-refractivity contribution in [2.45, 2.75) is 39.3 Å². The largest absolute Gasteiger partial charge is 0.493 e. The van der Waals surface area contributed by atoms with Gasteiger partial charge in [-0.2, -0.15) is 0 Å². The Morgan fingerprint density at radius 1 is 1.06 bits per heavy atom. The molecule has 0 saturated heterocycles. The molecule has 0 aliphatic heterocycles. The zero-order valence-electron chi connectivity index (χ0n) is 18.5. The summed E-state index contributed by atoms with van der Waals surface area (Å²) in [5.41, 5.74) is 3.85. The van der Waals surface area contributed by atoms with Gasteiger partial charge >= 0.3 is 0 Å². The summed E-state index contributed by atoms with van der Waals surface area (Å²) in [6, 6.07) is 10.7. The van der Waals surface area contributed by atoms with Gasteiger partial charge in [-0.15, -0.1) is 0 Å². The number of para-hydroxylation sites is 1. The van der Waals surface area contributed by atoms with Crippen LogP contribution in [-0.2, 0) is 16.0 Å². The molecule has 2 aromatic carbocycles. The van der Waals surface area contributed by atoms with Gasteiger partial charge in [0.25, 0.3) is 0 Å². The zero-order chi connectivity index (χ0) is 22.5. The maximum Gasteiger partial charge on any atom is 0.243 e. The number of fused-ring (bicyclic) bond motifs is 1. The van der Waals surface area contributed by atoms with Crippen LogP contribution in [0.2, 0.25) is 0 Å². The first-order valence-electron chi connectivity index (χ1n) is 10.2. The lowest BCUT2D eigenvalue weighted by Gasteiger charge is -2.23. The molecule has 0 radical (unpaired) electrons. The highest BCUT2D eigenvalue weighted by atomic mass is 16.5. The van der Waals surface area contributed by atoms with E-state index in [4.69, 9.17) is 9.47 Å². The van der Waals surface area contributed by atoms with Gasteiger partial charge in [0.2, 0.25) is 11.8 Å². The Labute approximate surface area is 182 Å². The average molecular weight is 424 g/mol. The summed E-state index contributed by atoms with van der Waals surface area (Å²) in [5, 5.41) is 6.85. The number of methoxy groups -OCH3 is 2. The number of aryl methyl sites for hydroxylation is 1. The third-order valence-corrected chi connectivity index (χ3v) is 5.39.